The van der Waals surface area contributed by atoms with Crippen LogP contribution in [0.2, 0.25) is 10.0 Å². The summed E-state index contributed by atoms with van der Waals surface area (Å²) in [5, 5.41) is 3.58. The Bertz CT molecular complexity index is 1140. The van der Waals surface area contributed by atoms with Crippen LogP contribution < -0.4 is 9.62 Å². The first-order valence-corrected chi connectivity index (χ1v) is 14.1. The molecule has 0 heterocycles. The van der Waals surface area contributed by atoms with Crippen molar-refractivity contribution in [2.24, 2.45) is 0 Å². The Hall–Kier alpha value is -2.29. The van der Waals surface area contributed by atoms with Gasteiger partial charge in [0.2, 0.25) is 21.8 Å². The summed E-state index contributed by atoms with van der Waals surface area (Å²) in [6.07, 6.45) is 2.36. The number of nitrogens with one attached hydrogen (secondary N) is 1. The molecular weight excluding hydrogens is 509 g/mol. The first-order chi connectivity index (χ1) is 16.4. The van der Waals surface area contributed by atoms with Crippen LogP contribution in [0.3, 0.4) is 0 Å². The smallest absolute Gasteiger partial charge is 0.244 e. The monoisotopic (exact) mass is 541 g/mol. The molecule has 2 rings (SSSR count). The van der Waals surface area contributed by atoms with Crippen LogP contribution in [-0.2, 0) is 32.6 Å². The van der Waals surface area contributed by atoms with Crippen molar-refractivity contribution in [2.75, 3.05) is 17.1 Å². The normalized spacial score (nSPS) is 13.1. The molecule has 0 aliphatic heterocycles. The van der Waals surface area contributed by atoms with Crippen molar-refractivity contribution in [1.82, 2.24) is 10.2 Å². The molecule has 0 aliphatic rings. The van der Waals surface area contributed by atoms with Crippen LogP contribution in [0.15, 0.2) is 42.5 Å². The number of para-hydroxylation sites is 1. The number of carbonyl (C=O) groups is 2. The van der Waals surface area contributed by atoms with Crippen LogP contribution in [0.5, 0.6) is 0 Å². The van der Waals surface area contributed by atoms with E-state index >= 15 is 0 Å². The standard InChI is InChI=1S/C25H33Cl2N3O4S/c1-6-17(3)28-25(32)18(4)29(15-20-21(26)12-10-13-22(20)27)24(31)16-30(35(5,33)34)23-14-9-8-11-19(23)7-2/h8-14,17-18H,6-7,15-16H2,1-5H3,(H,28,32)/t17-,18+/m1/s1. The highest BCUT2D eigenvalue weighted by molar-refractivity contribution is 7.92. The van der Waals surface area contributed by atoms with Crippen LogP contribution in [0, 0.1) is 0 Å². The number of carbonyl (C=O) groups excluding carboxylic acids is 2. The Morgan fingerprint density at radius 1 is 1.00 bits per heavy atom. The Labute approximate surface area is 218 Å². The zero-order chi connectivity index (χ0) is 26.3. The second kappa shape index (κ2) is 12.6. The van der Waals surface area contributed by atoms with Crippen molar-refractivity contribution in [3.63, 3.8) is 0 Å². The molecular formula is C25H33Cl2N3O4S. The lowest BCUT2D eigenvalue weighted by Crippen LogP contribution is -2.52. The minimum atomic E-state index is -3.80. The molecule has 0 saturated heterocycles. The quantitative estimate of drug-likeness (QED) is 0.448. The summed E-state index contributed by atoms with van der Waals surface area (Å²) < 4.78 is 26.6. The molecule has 7 nitrogen and oxygen atoms in total. The summed E-state index contributed by atoms with van der Waals surface area (Å²) in [5.41, 5.74) is 1.69. The van der Waals surface area contributed by atoms with E-state index in [1.54, 1.807) is 37.3 Å². The molecule has 0 radical (unpaired) electrons. The van der Waals surface area contributed by atoms with Gasteiger partial charge in [-0.1, -0.05) is 61.3 Å². The van der Waals surface area contributed by atoms with Gasteiger partial charge in [-0.05, 0) is 50.5 Å². The Morgan fingerprint density at radius 3 is 2.14 bits per heavy atom. The Morgan fingerprint density at radius 2 is 1.60 bits per heavy atom. The maximum Gasteiger partial charge on any atom is 0.244 e. The van der Waals surface area contributed by atoms with E-state index in [-0.39, 0.29) is 18.5 Å². The third-order valence-corrected chi connectivity index (χ3v) is 7.71. The fourth-order valence-corrected chi connectivity index (χ4v) is 4.95. The van der Waals surface area contributed by atoms with Crippen LogP contribution in [-0.4, -0.2) is 50.0 Å². The molecule has 2 aromatic carbocycles. The van der Waals surface area contributed by atoms with E-state index in [2.05, 4.69) is 5.32 Å². The lowest BCUT2D eigenvalue weighted by molar-refractivity contribution is -0.139. The molecule has 0 aliphatic carbocycles. The van der Waals surface area contributed by atoms with E-state index in [0.29, 0.717) is 27.7 Å². The minimum Gasteiger partial charge on any atom is -0.352 e. The molecule has 0 bridgehead atoms. The van der Waals surface area contributed by atoms with Crippen molar-refractivity contribution >= 4 is 50.7 Å². The minimum absolute atomic E-state index is 0.0561. The van der Waals surface area contributed by atoms with Gasteiger partial charge in [-0.3, -0.25) is 13.9 Å². The predicted octanol–water partition coefficient (Wildman–Crippen LogP) is 4.65. The fraction of sp³-hybridized carbons (Fsp3) is 0.440. The van der Waals surface area contributed by atoms with Gasteiger partial charge in [0.25, 0.3) is 0 Å². The number of nitrogens with zero attached hydrogens (tertiary/aromatic N) is 2. The molecule has 35 heavy (non-hydrogen) atoms. The number of amides is 2. The fourth-order valence-electron chi connectivity index (χ4n) is 3.55. The van der Waals surface area contributed by atoms with Gasteiger partial charge < -0.3 is 10.2 Å². The lowest BCUT2D eigenvalue weighted by Gasteiger charge is -2.32. The Balaban J connectivity index is 2.48. The number of rotatable bonds is 11. The van der Waals surface area contributed by atoms with E-state index in [4.69, 9.17) is 23.2 Å². The zero-order valence-electron chi connectivity index (χ0n) is 20.7. The molecule has 0 saturated carbocycles. The lowest BCUT2D eigenvalue weighted by atomic mass is 10.1. The molecule has 0 fully saturated rings. The van der Waals surface area contributed by atoms with Crippen molar-refractivity contribution in [1.29, 1.82) is 0 Å². The van der Waals surface area contributed by atoms with Gasteiger partial charge in [0.15, 0.2) is 0 Å². The van der Waals surface area contributed by atoms with Crippen molar-refractivity contribution in [3.05, 3.63) is 63.6 Å². The molecule has 1 N–H and O–H groups in total. The van der Waals surface area contributed by atoms with Crippen LogP contribution in [0.25, 0.3) is 0 Å². The van der Waals surface area contributed by atoms with Crippen molar-refractivity contribution < 1.29 is 18.0 Å². The van der Waals surface area contributed by atoms with Gasteiger partial charge in [0.1, 0.15) is 12.6 Å². The van der Waals surface area contributed by atoms with Gasteiger partial charge in [-0.25, -0.2) is 8.42 Å². The number of benzene rings is 2. The number of halogens is 2. The van der Waals surface area contributed by atoms with E-state index in [1.807, 2.05) is 32.9 Å². The molecule has 0 aromatic heterocycles. The topological polar surface area (TPSA) is 86.8 Å². The van der Waals surface area contributed by atoms with Gasteiger partial charge in [-0.2, -0.15) is 0 Å². The van der Waals surface area contributed by atoms with Crippen LogP contribution in [0.4, 0.5) is 5.69 Å². The molecule has 2 aromatic rings. The molecule has 0 spiro atoms. The third-order valence-electron chi connectivity index (χ3n) is 5.88. The first-order valence-electron chi connectivity index (χ1n) is 11.5. The number of sulfonamides is 1. The van der Waals surface area contributed by atoms with Crippen molar-refractivity contribution in [3.8, 4) is 0 Å². The molecule has 2 atom stereocenters. The summed E-state index contributed by atoms with van der Waals surface area (Å²) >= 11 is 12.7. The predicted molar refractivity (Wildman–Crippen MR) is 142 cm³/mol. The van der Waals surface area contributed by atoms with Gasteiger partial charge in [0, 0.05) is 28.2 Å². The maximum absolute atomic E-state index is 13.7. The average molecular weight is 543 g/mol. The summed E-state index contributed by atoms with van der Waals surface area (Å²) in [7, 11) is -3.80. The molecule has 10 heteroatoms. The van der Waals surface area contributed by atoms with E-state index < -0.39 is 28.5 Å². The number of hydrogen-bond donors (Lipinski definition) is 1. The second-order valence-corrected chi connectivity index (χ2v) is 11.2. The summed E-state index contributed by atoms with van der Waals surface area (Å²) in [6, 6.07) is 11.0. The molecule has 192 valence electrons. The first kappa shape index (κ1) is 28.9. The number of aryl methyl sites for hydroxylation is 1. The van der Waals surface area contributed by atoms with Gasteiger partial charge in [-0.15, -0.1) is 0 Å². The van der Waals surface area contributed by atoms with Gasteiger partial charge >= 0.3 is 0 Å². The summed E-state index contributed by atoms with van der Waals surface area (Å²) in [6.45, 7) is 6.80. The van der Waals surface area contributed by atoms with Gasteiger partial charge in [0.05, 0.1) is 11.9 Å². The number of hydrogen-bond acceptors (Lipinski definition) is 4. The third kappa shape index (κ3) is 7.59. The number of anilines is 1. The molecule has 0 unspecified atom stereocenters. The van der Waals surface area contributed by atoms with Crippen LogP contribution in [0.1, 0.15) is 45.2 Å². The highest BCUT2D eigenvalue weighted by Crippen LogP contribution is 2.28. The maximum atomic E-state index is 13.7. The Kier molecular flexibility index (Phi) is 10.4. The molecule has 2 amide bonds. The van der Waals surface area contributed by atoms with E-state index in [9.17, 15) is 18.0 Å². The highest BCUT2D eigenvalue weighted by atomic mass is 35.5. The summed E-state index contributed by atoms with van der Waals surface area (Å²) in [5.74, 6) is -0.903. The largest absolute Gasteiger partial charge is 0.352 e. The summed E-state index contributed by atoms with van der Waals surface area (Å²) in [4.78, 5) is 27.9. The van der Waals surface area contributed by atoms with Crippen molar-refractivity contribution in [2.45, 2.75) is 59.2 Å². The second-order valence-electron chi connectivity index (χ2n) is 8.47. The SMILES string of the molecule is CCc1ccccc1N(CC(=O)N(Cc1c(Cl)cccc1Cl)[C@@H](C)C(=O)N[C@H](C)CC)S(C)(=O)=O. The van der Waals surface area contributed by atoms with E-state index in [0.717, 1.165) is 22.5 Å². The average Bonchev–Trinajstić information content (AvgIpc) is 2.80. The zero-order valence-corrected chi connectivity index (χ0v) is 23.0. The van der Waals surface area contributed by atoms with E-state index in [1.165, 1.54) is 4.90 Å². The highest BCUT2D eigenvalue weighted by Gasteiger charge is 2.31. The van der Waals surface area contributed by atoms with Crippen LogP contribution >= 0.6 is 23.2 Å².